The number of likely N-dealkylation sites (tertiary alicyclic amines) is 1. The molecule has 1 atom stereocenters. The number of amides is 4. The summed E-state index contributed by atoms with van der Waals surface area (Å²) in [6.45, 7) is 6.88. The first-order valence-corrected chi connectivity index (χ1v) is 13.9. The molecular weight excluding hydrogens is 480 g/mol. The standard InChI is InChI=1S/C30H38N4O4/c1-3-30(4-2)27(36)34(28(30)38-21-25(35)33-19-17-32(18-20-33)24-15-16-24)29(37)31-26(22-11-7-5-8-12-22)23-13-9-6-10-14-23/h5-14,24,26,28H,3-4,15-21H2,1-2H3,(H,31,37). The number of hydrogen-bond acceptors (Lipinski definition) is 5. The lowest BCUT2D eigenvalue weighted by atomic mass is 9.72. The van der Waals surface area contributed by atoms with Gasteiger partial charge in [0, 0.05) is 32.2 Å². The van der Waals surface area contributed by atoms with Gasteiger partial charge in [-0.05, 0) is 36.8 Å². The topological polar surface area (TPSA) is 82.2 Å². The molecule has 0 bridgehead atoms. The summed E-state index contributed by atoms with van der Waals surface area (Å²) in [5, 5.41) is 3.06. The Morgan fingerprint density at radius 3 is 1.97 bits per heavy atom. The number of carbonyl (C=O) groups excluding carboxylic acids is 3. The SMILES string of the molecule is CCC1(CC)C(=O)N(C(=O)NC(c2ccccc2)c2ccccc2)C1OCC(=O)N1CCN(C2CC2)CC1. The second kappa shape index (κ2) is 11.3. The van der Waals surface area contributed by atoms with Crippen LogP contribution in [0.4, 0.5) is 4.79 Å². The third-order valence-electron chi connectivity index (χ3n) is 8.46. The first-order valence-electron chi connectivity index (χ1n) is 13.9. The van der Waals surface area contributed by atoms with Gasteiger partial charge in [-0.15, -0.1) is 0 Å². The fraction of sp³-hybridized carbons (Fsp3) is 0.500. The summed E-state index contributed by atoms with van der Waals surface area (Å²) in [7, 11) is 0. The number of urea groups is 1. The van der Waals surface area contributed by atoms with Gasteiger partial charge in [-0.2, -0.15) is 0 Å². The number of ether oxygens (including phenoxy) is 1. The lowest BCUT2D eigenvalue weighted by molar-refractivity contribution is -0.212. The molecule has 0 aromatic heterocycles. The van der Waals surface area contributed by atoms with Crippen molar-refractivity contribution in [1.82, 2.24) is 20.0 Å². The number of imide groups is 1. The molecule has 1 aliphatic carbocycles. The van der Waals surface area contributed by atoms with Crippen LogP contribution in [0.2, 0.25) is 0 Å². The Kier molecular flexibility index (Phi) is 7.81. The maximum Gasteiger partial charge on any atom is 0.327 e. The zero-order chi connectivity index (χ0) is 26.7. The minimum absolute atomic E-state index is 0.0901. The van der Waals surface area contributed by atoms with E-state index in [0.717, 1.165) is 24.2 Å². The van der Waals surface area contributed by atoms with Crippen LogP contribution in [0.3, 0.4) is 0 Å². The number of benzene rings is 2. The van der Waals surface area contributed by atoms with Crippen molar-refractivity contribution in [3.63, 3.8) is 0 Å². The minimum atomic E-state index is -0.808. The van der Waals surface area contributed by atoms with Crippen LogP contribution in [0.15, 0.2) is 60.7 Å². The van der Waals surface area contributed by atoms with Crippen LogP contribution in [0.25, 0.3) is 0 Å². The lowest BCUT2D eigenvalue weighted by Crippen LogP contribution is -2.73. The van der Waals surface area contributed by atoms with Crippen LogP contribution in [-0.2, 0) is 14.3 Å². The summed E-state index contributed by atoms with van der Waals surface area (Å²) in [4.78, 5) is 45.4. The predicted octanol–water partition coefficient (Wildman–Crippen LogP) is 3.78. The molecule has 2 aromatic carbocycles. The Labute approximate surface area is 224 Å². The van der Waals surface area contributed by atoms with Crippen LogP contribution in [0.5, 0.6) is 0 Å². The summed E-state index contributed by atoms with van der Waals surface area (Å²) in [6, 6.07) is 19.1. The largest absolute Gasteiger partial charge is 0.347 e. The van der Waals surface area contributed by atoms with Gasteiger partial charge < -0.3 is 15.0 Å². The number of carbonyl (C=O) groups is 3. The molecule has 2 aliphatic heterocycles. The zero-order valence-corrected chi connectivity index (χ0v) is 22.3. The molecule has 3 aliphatic rings. The van der Waals surface area contributed by atoms with Crippen molar-refractivity contribution < 1.29 is 19.1 Å². The smallest absolute Gasteiger partial charge is 0.327 e. The van der Waals surface area contributed by atoms with Gasteiger partial charge >= 0.3 is 6.03 Å². The van der Waals surface area contributed by atoms with Crippen molar-refractivity contribution in [2.75, 3.05) is 32.8 Å². The second-order valence-electron chi connectivity index (χ2n) is 10.6. The molecule has 2 aromatic rings. The summed E-state index contributed by atoms with van der Waals surface area (Å²) in [5.41, 5.74) is 1.02. The third-order valence-corrected chi connectivity index (χ3v) is 8.46. The average Bonchev–Trinajstić information content (AvgIpc) is 3.81. The highest BCUT2D eigenvalue weighted by molar-refractivity contribution is 6.03. The second-order valence-corrected chi connectivity index (χ2v) is 10.6. The molecule has 3 fully saturated rings. The fourth-order valence-electron chi connectivity index (χ4n) is 5.83. The molecule has 8 heteroatoms. The highest BCUT2D eigenvalue weighted by atomic mass is 16.5. The number of hydrogen-bond donors (Lipinski definition) is 1. The molecule has 5 rings (SSSR count). The van der Waals surface area contributed by atoms with Gasteiger partial charge in [0.2, 0.25) is 11.8 Å². The molecule has 1 N–H and O–H groups in total. The molecule has 2 heterocycles. The number of rotatable bonds is 9. The summed E-state index contributed by atoms with van der Waals surface area (Å²) in [5.74, 6) is -0.344. The molecule has 2 saturated heterocycles. The summed E-state index contributed by atoms with van der Waals surface area (Å²) in [6.07, 6.45) is 2.80. The Balaban J connectivity index is 1.28. The number of piperazine rings is 1. The fourth-order valence-corrected chi connectivity index (χ4v) is 5.83. The molecular formula is C30H38N4O4. The average molecular weight is 519 g/mol. The minimum Gasteiger partial charge on any atom is -0.347 e. The maximum atomic E-state index is 13.6. The first-order chi connectivity index (χ1) is 18.5. The van der Waals surface area contributed by atoms with E-state index in [4.69, 9.17) is 4.74 Å². The van der Waals surface area contributed by atoms with Crippen molar-refractivity contribution in [3.05, 3.63) is 71.8 Å². The van der Waals surface area contributed by atoms with E-state index in [9.17, 15) is 14.4 Å². The monoisotopic (exact) mass is 518 g/mol. The zero-order valence-electron chi connectivity index (χ0n) is 22.3. The van der Waals surface area contributed by atoms with E-state index < -0.39 is 23.7 Å². The normalized spacial score (nSPS) is 21.3. The van der Waals surface area contributed by atoms with E-state index >= 15 is 0 Å². The van der Waals surface area contributed by atoms with Crippen molar-refractivity contribution in [3.8, 4) is 0 Å². The van der Waals surface area contributed by atoms with Gasteiger partial charge in [0.05, 0.1) is 11.5 Å². The van der Waals surface area contributed by atoms with Crippen molar-refractivity contribution in [2.24, 2.45) is 5.41 Å². The molecule has 0 spiro atoms. The van der Waals surface area contributed by atoms with E-state index in [0.29, 0.717) is 32.0 Å². The molecule has 38 heavy (non-hydrogen) atoms. The first kappa shape index (κ1) is 26.4. The van der Waals surface area contributed by atoms with Crippen LogP contribution >= 0.6 is 0 Å². The number of nitrogens with zero attached hydrogens (tertiary/aromatic N) is 3. The van der Waals surface area contributed by atoms with Crippen LogP contribution in [0.1, 0.15) is 56.7 Å². The van der Waals surface area contributed by atoms with E-state index in [1.165, 1.54) is 17.7 Å². The van der Waals surface area contributed by atoms with Crippen molar-refractivity contribution in [1.29, 1.82) is 0 Å². The van der Waals surface area contributed by atoms with E-state index in [2.05, 4.69) is 10.2 Å². The van der Waals surface area contributed by atoms with Crippen LogP contribution < -0.4 is 5.32 Å². The molecule has 8 nitrogen and oxygen atoms in total. The predicted molar refractivity (Wildman–Crippen MR) is 144 cm³/mol. The third kappa shape index (κ3) is 5.07. The van der Waals surface area contributed by atoms with Gasteiger partial charge in [0.25, 0.3) is 0 Å². The van der Waals surface area contributed by atoms with E-state index in [1.54, 1.807) is 0 Å². The van der Waals surface area contributed by atoms with Crippen LogP contribution in [0, 0.1) is 5.41 Å². The van der Waals surface area contributed by atoms with E-state index in [-0.39, 0.29) is 18.4 Å². The van der Waals surface area contributed by atoms with Crippen molar-refractivity contribution >= 4 is 17.8 Å². The summed E-state index contributed by atoms with van der Waals surface area (Å²) >= 11 is 0. The summed E-state index contributed by atoms with van der Waals surface area (Å²) < 4.78 is 6.11. The van der Waals surface area contributed by atoms with Gasteiger partial charge in [-0.1, -0.05) is 74.5 Å². The number of nitrogens with one attached hydrogen (secondary N) is 1. The number of β-lactam (4-membered cyclic amide) rings is 1. The van der Waals surface area contributed by atoms with Gasteiger partial charge in [-0.3, -0.25) is 14.5 Å². The molecule has 1 unspecified atom stereocenters. The Hall–Kier alpha value is -3.23. The van der Waals surface area contributed by atoms with Gasteiger partial charge in [0.1, 0.15) is 6.61 Å². The van der Waals surface area contributed by atoms with Gasteiger partial charge in [0.15, 0.2) is 6.23 Å². The van der Waals surface area contributed by atoms with Crippen molar-refractivity contribution in [2.45, 2.75) is 57.8 Å². The molecule has 1 saturated carbocycles. The molecule has 0 radical (unpaired) electrons. The van der Waals surface area contributed by atoms with E-state index in [1.807, 2.05) is 79.4 Å². The Morgan fingerprint density at radius 1 is 0.921 bits per heavy atom. The van der Waals surface area contributed by atoms with Gasteiger partial charge in [-0.25, -0.2) is 9.69 Å². The highest BCUT2D eigenvalue weighted by Gasteiger charge is 2.62. The molecule has 4 amide bonds. The quantitative estimate of drug-likeness (QED) is 0.511. The highest BCUT2D eigenvalue weighted by Crippen LogP contribution is 2.46. The lowest BCUT2D eigenvalue weighted by Gasteiger charge is -2.53. The maximum absolute atomic E-state index is 13.6. The molecule has 202 valence electrons. The Morgan fingerprint density at radius 2 is 1.47 bits per heavy atom. The Bertz CT molecular complexity index is 1090. The van der Waals surface area contributed by atoms with Crippen LogP contribution in [-0.4, -0.2) is 77.6 Å².